The van der Waals surface area contributed by atoms with Gasteiger partial charge in [0, 0.05) is 18.4 Å². The molecule has 1 unspecified atom stereocenters. The van der Waals surface area contributed by atoms with E-state index in [0.29, 0.717) is 0 Å². The standard InChI is InChI=1S/C15H18N2/c1-2-13-11-17-9-8-14(13)15(16)10-12-6-4-3-5-7-12/h3-9,11,15H,2,10,16H2,1H3. The van der Waals surface area contributed by atoms with E-state index in [0.717, 1.165) is 12.8 Å². The molecule has 1 aromatic carbocycles. The van der Waals surface area contributed by atoms with Gasteiger partial charge in [-0.2, -0.15) is 0 Å². The Hall–Kier alpha value is -1.67. The smallest absolute Gasteiger partial charge is 0.0339 e. The first-order valence-corrected chi connectivity index (χ1v) is 6.03. The van der Waals surface area contributed by atoms with E-state index in [-0.39, 0.29) is 6.04 Å². The molecule has 0 aliphatic rings. The topological polar surface area (TPSA) is 38.9 Å². The number of aryl methyl sites for hydroxylation is 1. The molecule has 2 rings (SSSR count). The summed E-state index contributed by atoms with van der Waals surface area (Å²) in [4.78, 5) is 4.15. The predicted octanol–water partition coefficient (Wildman–Crippen LogP) is 2.89. The van der Waals surface area contributed by atoms with Gasteiger partial charge in [0.15, 0.2) is 0 Å². The number of benzene rings is 1. The summed E-state index contributed by atoms with van der Waals surface area (Å²) in [6.07, 6.45) is 5.59. The first kappa shape index (κ1) is 11.8. The van der Waals surface area contributed by atoms with Gasteiger partial charge in [0.1, 0.15) is 0 Å². The van der Waals surface area contributed by atoms with Crippen molar-refractivity contribution in [2.75, 3.05) is 0 Å². The summed E-state index contributed by atoms with van der Waals surface area (Å²) in [6, 6.07) is 12.4. The SMILES string of the molecule is CCc1cnccc1C(N)Cc1ccccc1. The van der Waals surface area contributed by atoms with Crippen LogP contribution >= 0.6 is 0 Å². The van der Waals surface area contributed by atoms with Gasteiger partial charge in [-0.05, 0) is 35.6 Å². The molecule has 2 N–H and O–H groups in total. The molecule has 2 aromatic rings. The van der Waals surface area contributed by atoms with E-state index < -0.39 is 0 Å². The van der Waals surface area contributed by atoms with Gasteiger partial charge < -0.3 is 5.73 Å². The second-order valence-corrected chi connectivity index (χ2v) is 4.22. The highest BCUT2D eigenvalue weighted by Gasteiger charge is 2.10. The predicted molar refractivity (Wildman–Crippen MR) is 70.7 cm³/mol. The van der Waals surface area contributed by atoms with Crippen molar-refractivity contribution in [3.8, 4) is 0 Å². The Morgan fingerprint density at radius 2 is 1.94 bits per heavy atom. The van der Waals surface area contributed by atoms with Gasteiger partial charge in [-0.1, -0.05) is 37.3 Å². The molecule has 0 bridgehead atoms. The molecule has 17 heavy (non-hydrogen) atoms. The molecule has 0 aliphatic carbocycles. The first-order valence-electron chi connectivity index (χ1n) is 6.03. The second-order valence-electron chi connectivity index (χ2n) is 4.22. The lowest BCUT2D eigenvalue weighted by atomic mass is 9.96. The van der Waals surface area contributed by atoms with Crippen LogP contribution in [0.3, 0.4) is 0 Å². The van der Waals surface area contributed by atoms with Crippen molar-refractivity contribution in [3.05, 3.63) is 65.5 Å². The van der Waals surface area contributed by atoms with Gasteiger partial charge in [0.05, 0.1) is 0 Å². The van der Waals surface area contributed by atoms with Crippen molar-refractivity contribution in [1.82, 2.24) is 4.98 Å². The normalized spacial score (nSPS) is 12.4. The van der Waals surface area contributed by atoms with E-state index in [1.807, 2.05) is 24.5 Å². The molecule has 88 valence electrons. The first-order chi connectivity index (χ1) is 8.31. The van der Waals surface area contributed by atoms with Crippen molar-refractivity contribution in [2.24, 2.45) is 5.73 Å². The van der Waals surface area contributed by atoms with Crippen LogP contribution in [0.15, 0.2) is 48.8 Å². The third kappa shape index (κ3) is 2.92. The number of pyridine rings is 1. The zero-order valence-electron chi connectivity index (χ0n) is 10.1. The number of aromatic nitrogens is 1. The van der Waals surface area contributed by atoms with Crippen LogP contribution in [0.5, 0.6) is 0 Å². The molecule has 1 atom stereocenters. The monoisotopic (exact) mass is 226 g/mol. The van der Waals surface area contributed by atoms with Gasteiger partial charge in [-0.15, -0.1) is 0 Å². The Labute approximate surface area is 103 Å². The quantitative estimate of drug-likeness (QED) is 0.870. The number of hydrogen-bond donors (Lipinski definition) is 1. The molecule has 2 nitrogen and oxygen atoms in total. The molecule has 0 spiro atoms. The van der Waals surface area contributed by atoms with Crippen LogP contribution < -0.4 is 5.73 Å². The second kappa shape index (κ2) is 5.60. The average molecular weight is 226 g/mol. The van der Waals surface area contributed by atoms with Crippen LogP contribution in [0.1, 0.15) is 29.7 Å². The Bertz CT molecular complexity index is 465. The minimum absolute atomic E-state index is 0.0512. The fraction of sp³-hybridized carbons (Fsp3) is 0.267. The largest absolute Gasteiger partial charge is 0.324 e. The molecule has 1 aromatic heterocycles. The summed E-state index contributed by atoms with van der Waals surface area (Å²) in [5.41, 5.74) is 10.0. The summed E-state index contributed by atoms with van der Waals surface area (Å²) < 4.78 is 0. The maximum Gasteiger partial charge on any atom is 0.0339 e. The van der Waals surface area contributed by atoms with E-state index >= 15 is 0 Å². The van der Waals surface area contributed by atoms with Crippen molar-refractivity contribution >= 4 is 0 Å². The number of rotatable bonds is 4. The molecule has 2 heteroatoms. The minimum atomic E-state index is 0.0512. The summed E-state index contributed by atoms with van der Waals surface area (Å²) in [5.74, 6) is 0. The summed E-state index contributed by atoms with van der Waals surface area (Å²) >= 11 is 0. The van der Waals surface area contributed by atoms with Crippen LogP contribution in [0.4, 0.5) is 0 Å². The fourth-order valence-corrected chi connectivity index (χ4v) is 2.07. The maximum atomic E-state index is 6.28. The summed E-state index contributed by atoms with van der Waals surface area (Å²) in [7, 11) is 0. The molecular formula is C15H18N2. The molecule has 0 saturated carbocycles. The van der Waals surface area contributed by atoms with Gasteiger partial charge in [-0.3, -0.25) is 4.98 Å². The number of nitrogens with zero attached hydrogens (tertiary/aromatic N) is 1. The van der Waals surface area contributed by atoms with Crippen LogP contribution in [0.2, 0.25) is 0 Å². The van der Waals surface area contributed by atoms with E-state index in [9.17, 15) is 0 Å². The average Bonchev–Trinajstić information content (AvgIpc) is 2.40. The van der Waals surface area contributed by atoms with Crippen LogP contribution in [0.25, 0.3) is 0 Å². The van der Waals surface area contributed by atoms with Gasteiger partial charge in [-0.25, -0.2) is 0 Å². The number of nitrogens with two attached hydrogens (primary N) is 1. The lowest BCUT2D eigenvalue weighted by Crippen LogP contribution is -2.15. The summed E-state index contributed by atoms with van der Waals surface area (Å²) in [5, 5.41) is 0. The van der Waals surface area contributed by atoms with Crippen LogP contribution in [-0.4, -0.2) is 4.98 Å². The van der Waals surface area contributed by atoms with Crippen molar-refractivity contribution in [1.29, 1.82) is 0 Å². The molecule has 1 heterocycles. The Balaban J connectivity index is 2.17. The van der Waals surface area contributed by atoms with Crippen LogP contribution in [0, 0.1) is 0 Å². The van der Waals surface area contributed by atoms with Crippen molar-refractivity contribution in [3.63, 3.8) is 0 Å². The van der Waals surface area contributed by atoms with Gasteiger partial charge in [0.25, 0.3) is 0 Å². The van der Waals surface area contributed by atoms with Gasteiger partial charge in [0.2, 0.25) is 0 Å². The highest BCUT2D eigenvalue weighted by atomic mass is 14.7. The number of hydrogen-bond acceptors (Lipinski definition) is 2. The third-order valence-electron chi connectivity index (χ3n) is 3.02. The molecule has 0 radical (unpaired) electrons. The fourth-order valence-electron chi connectivity index (χ4n) is 2.07. The molecule has 0 aliphatic heterocycles. The molecule has 0 saturated heterocycles. The lowest BCUT2D eigenvalue weighted by Gasteiger charge is -2.15. The highest BCUT2D eigenvalue weighted by Crippen LogP contribution is 2.19. The Morgan fingerprint density at radius 1 is 1.18 bits per heavy atom. The zero-order chi connectivity index (χ0) is 12.1. The minimum Gasteiger partial charge on any atom is -0.324 e. The van der Waals surface area contributed by atoms with Crippen LogP contribution in [-0.2, 0) is 12.8 Å². The molecule has 0 fully saturated rings. The Kier molecular flexibility index (Phi) is 3.89. The molecular weight excluding hydrogens is 208 g/mol. The van der Waals surface area contributed by atoms with E-state index in [1.54, 1.807) is 0 Å². The van der Waals surface area contributed by atoms with E-state index in [4.69, 9.17) is 5.73 Å². The molecule has 0 amide bonds. The Morgan fingerprint density at radius 3 is 2.65 bits per heavy atom. The van der Waals surface area contributed by atoms with E-state index in [1.165, 1.54) is 16.7 Å². The van der Waals surface area contributed by atoms with Gasteiger partial charge >= 0.3 is 0 Å². The summed E-state index contributed by atoms with van der Waals surface area (Å²) in [6.45, 7) is 2.13. The lowest BCUT2D eigenvalue weighted by molar-refractivity contribution is 0.710. The van der Waals surface area contributed by atoms with Crippen molar-refractivity contribution in [2.45, 2.75) is 25.8 Å². The zero-order valence-corrected chi connectivity index (χ0v) is 10.1. The highest BCUT2D eigenvalue weighted by molar-refractivity contribution is 5.28. The maximum absolute atomic E-state index is 6.28. The van der Waals surface area contributed by atoms with Crippen molar-refractivity contribution < 1.29 is 0 Å². The third-order valence-corrected chi connectivity index (χ3v) is 3.02. The van der Waals surface area contributed by atoms with E-state index in [2.05, 4.69) is 36.2 Å².